The minimum atomic E-state index is -4.63. The number of hydrogen-bond acceptors (Lipinski definition) is 4. The first-order valence-electron chi connectivity index (χ1n) is 5.26. The summed E-state index contributed by atoms with van der Waals surface area (Å²) in [6, 6.07) is 9.13. The van der Waals surface area contributed by atoms with Crippen LogP contribution in [0, 0.1) is 0 Å². The van der Waals surface area contributed by atoms with Gasteiger partial charge in [0.25, 0.3) is 0 Å². The number of hydrogen-bond donors (Lipinski definition) is 3. The molecule has 0 radical (unpaired) electrons. The van der Waals surface area contributed by atoms with Crippen LogP contribution in [0.3, 0.4) is 0 Å². The molecule has 0 saturated carbocycles. The lowest BCUT2D eigenvalue weighted by atomic mass is 10.2. The van der Waals surface area contributed by atoms with E-state index >= 15 is 0 Å². The summed E-state index contributed by atoms with van der Waals surface area (Å²) < 4.78 is 13.9. The van der Waals surface area contributed by atoms with Crippen molar-refractivity contribution in [3.63, 3.8) is 0 Å². The molecule has 0 aromatic heterocycles. The maximum Gasteiger partial charge on any atom is 0.433 e. The van der Waals surface area contributed by atoms with Crippen LogP contribution in [0.2, 0.25) is 0 Å². The third kappa shape index (κ3) is 8.96. The van der Waals surface area contributed by atoms with Crippen molar-refractivity contribution >= 4 is 19.3 Å². The summed E-state index contributed by atoms with van der Waals surface area (Å²) >= 11 is 0. The van der Waals surface area contributed by atoms with Gasteiger partial charge in [0.1, 0.15) is 0 Å². The van der Waals surface area contributed by atoms with Crippen LogP contribution in [-0.2, 0) is 20.5 Å². The number of benzene rings is 1. The first kappa shape index (κ1) is 17.3. The van der Waals surface area contributed by atoms with Gasteiger partial charge in [-0.05, 0) is 12.5 Å². The van der Waals surface area contributed by atoms with E-state index in [2.05, 4.69) is 4.74 Å². The van der Waals surface area contributed by atoms with Crippen molar-refractivity contribution in [1.82, 2.24) is 0 Å². The summed E-state index contributed by atoms with van der Waals surface area (Å²) in [5.41, 5.74) is -0.625. The van der Waals surface area contributed by atoms with Crippen LogP contribution in [0.25, 0.3) is 0 Å². The maximum absolute atomic E-state index is 10.2. The molecule has 0 aliphatic rings. The molecule has 0 heterocycles. The van der Waals surface area contributed by atoms with Crippen molar-refractivity contribution in [2.24, 2.45) is 0 Å². The summed E-state index contributed by atoms with van der Waals surface area (Å²) in [7, 11) is -4.63. The molecular weight excluding hydrogens is 275 g/mol. The van der Waals surface area contributed by atoms with E-state index in [9.17, 15) is 14.2 Å². The topological polar surface area (TPSA) is 121 Å². The molecule has 0 amide bonds. The molecule has 106 valence electrons. The van der Waals surface area contributed by atoms with Crippen molar-refractivity contribution in [2.45, 2.75) is 13.3 Å². The minimum Gasteiger partial charge on any atom is -0.481 e. The van der Waals surface area contributed by atoms with Crippen LogP contribution >= 0.6 is 7.60 Å². The molecule has 1 aromatic carbocycles. The molecule has 0 fully saturated rings. The van der Waals surface area contributed by atoms with Gasteiger partial charge in [-0.2, -0.15) is 0 Å². The van der Waals surface area contributed by atoms with Crippen LogP contribution in [0.4, 0.5) is 4.79 Å². The average molecular weight is 290 g/mol. The van der Waals surface area contributed by atoms with Crippen LogP contribution in [0.15, 0.2) is 30.3 Å². The number of carbonyl (C=O) groups excluding carboxylic acids is 1. The van der Waals surface area contributed by atoms with Crippen LogP contribution < -0.4 is 0 Å². The second-order valence-electron chi connectivity index (χ2n) is 3.30. The van der Waals surface area contributed by atoms with E-state index in [-0.39, 0.29) is 13.0 Å². The highest BCUT2D eigenvalue weighted by atomic mass is 31.2. The molecule has 0 spiro atoms. The third-order valence-electron chi connectivity index (χ3n) is 1.70. The standard InChI is InChI=1S/C8H8O2.C3H7O5P/c9-8(10)6-7-4-2-1-3-5-7;1-2-8-3(4)9(5,6)7/h1-5H,6H2,(H,9,10);2H2,1H3,(H2,5,6,7). The van der Waals surface area contributed by atoms with E-state index in [0.717, 1.165) is 5.56 Å². The summed E-state index contributed by atoms with van der Waals surface area (Å²) in [5.74, 6) is -0.786. The van der Waals surface area contributed by atoms with Gasteiger partial charge in [0, 0.05) is 0 Å². The Morgan fingerprint density at radius 2 is 1.74 bits per heavy atom. The molecule has 3 N–H and O–H groups in total. The van der Waals surface area contributed by atoms with E-state index in [1.165, 1.54) is 6.92 Å². The molecule has 0 unspecified atom stereocenters. The number of rotatable bonds is 4. The summed E-state index contributed by atoms with van der Waals surface area (Å²) in [6.07, 6.45) is 0.112. The lowest BCUT2D eigenvalue weighted by Crippen LogP contribution is -2.01. The van der Waals surface area contributed by atoms with Crippen LogP contribution in [0.5, 0.6) is 0 Å². The van der Waals surface area contributed by atoms with Crippen molar-refractivity contribution in [1.29, 1.82) is 0 Å². The maximum atomic E-state index is 10.2. The molecule has 0 aliphatic carbocycles. The average Bonchev–Trinajstić information content (AvgIpc) is 2.29. The summed E-state index contributed by atoms with van der Waals surface area (Å²) in [4.78, 5) is 36.4. The molecule has 0 saturated heterocycles. The SMILES string of the molecule is CCOC(=O)P(=O)(O)O.O=C(O)Cc1ccccc1. The fourth-order valence-corrected chi connectivity index (χ4v) is 1.28. The summed E-state index contributed by atoms with van der Waals surface area (Å²) in [5, 5.41) is 8.37. The van der Waals surface area contributed by atoms with Gasteiger partial charge in [0.2, 0.25) is 0 Å². The normalized spacial score (nSPS) is 10.1. The lowest BCUT2D eigenvalue weighted by molar-refractivity contribution is -0.136. The second kappa shape index (κ2) is 8.42. The van der Waals surface area contributed by atoms with Gasteiger partial charge in [-0.1, -0.05) is 30.3 Å². The molecular formula is C11H15O7P. The highest BCUT2D eigenvalue weighted by Gasteiger charge is 2.26. The Balaban J connectivity index is 0.000000344. The van der Waals surface area contributed by atoms with Crippen molar-refractivity contribution < 1.29 is 33.8 Å². The van der Waals surface area contributed by atoms with Gasteiger partial charge in [-0.3, -0.25) is 4.79 Å². The van der Waals surface area contributed by atoms with Gasteiger partial charge in [0.15, 0.2) is 0 Å². The molecule has 19 heavy (non-hydrogen) atoms. The molecule has 1 rings (SSSR count). The van der Waals surface area contributed by atoms with Gasteiger partial charge in [-0.25, -0.2) is 9.36 Å². The molecule has 7 nitrogen and oxygen atoms in total. The Bertz CT molecular complexity index is 451. The summed E-state index contributed by atoms with van der Waals surface area (Å²) in [6.45, 7) is 1.44. The zero-order valence-electron chi connectivity index (χ0n) is 10.2. The Hall–Kier alpha value is -1.69. The zero-order valence-corrected chi connectivity index (χ0v) is 11.1. The monoisotopic (exact) mass is 290 g/mol. The fraction of sp³-hybridized carbons (Fsp3) is 0.273. The van der Waals surface area contributed by atoms with Crippen LogP contribution in [-0.4, -0.2) is 33.2 Å². The second-order valence-corrected chi connectivity index (χ2v) is 4.75. The Morgan fingerprint density at radius 3 is 2.05 bits per heavy atom. The number of ether oxygens (including phenoxy) is 1. The van der Waals surface area contributed by atoms with Crippen molar-refractivity contribution in [3.05, 3.63) is 35.9 Å². The van der Waals surface area contributed by atoms with E-state index in [1.54, 1.807) is 12.1 Å². The van der Waals surface area contributed by atoms with Gasteiger partial charge in [-0.15, -0.1) is 0 Å². The Morgan fingerprint density at radius 1 is 1.21 bits per heavy atom. The van der Waals surface area contributed by atoms with E-state index < -0.39 is 19.3 Å². The zero-order chi connectivity index (χ0) is 14.9. The van der Waals surface area contributed by atoms with Gasteiger partial charge >= 0.3 is 19.3 Å². The van der Waals surface area contributed by atoms with E-state index in [4.69, 9.17) is 14.9 Å². The number of aliphatic carboxylic acids is 1. The molecule has 0 aliphatic heterocycles. The fourth-order valence-electron chi connectivity index (χ4n) is 0.978. The van der Waals surface area contributed by atoms with Gasteiger partial charge < -0.3 is 19.6 Å². The van der Waals surface area contributed by atoms with Crippen molar-refractivity contribution in [2.75, 3.05) is 6.61 Å². The first-order valence-corrected chi connectivity index (χ1v) is 6.87. The van der Waals surface area contributed by atoms with Crippen LogP contribution in [0.1, 0.15) is 12.5 Å². The van der Waals surface area contributed by atoms with Crippen molar-refractivity contribution in [3.8, 4) is 0 Å². The quantitative estimate of drug-likeness (QED) is 0.720. The molecule has 1 aromatic rings. The number of carboxylic acids is 1. The smallest absolute Gasteiger partial charge is 0.433 e. The largest absolute Gasteiger partial charge is 0.481 e. The highest BCUT2D eigenvalue weighted by molar-refractivity contribution is 7.69. The molecule has 8 heteroatoms. The Kier molecular flexibility index (Phi) is 7.67. The number of carboxylic acid groups (broad SMARTS) is 1. The minimum absolute atomic E-state index is 0.0239. The predicted molar refractivity (Wildman–Crippen MR) is 66.8 cm³/mol. The van der Waals surface area contributed by atoms with E-state index in [1.807, 2.05) is 18.2 Å². The highest BCUT2D eigenvalue weighted by Crippen LogP contribution is 2.36. The molecule has 0 bridgehead atoms. The molecule has 0 atom stereocenters. The third-order valence-corrected chi connectivity index (χ3v) is 2.31. The lowest BCUT2D eigenvalue weighted by Gasteiger charge is -2.00. The number of carbonyl (C=O) groups is 2. The predicted octanol–water partition coefficient (Wildman–Crippen LogP) is 1.63. The van der Waals surface area contributed by atoms with E-state index in [0.29, 0.717) is 0 Å². The first-order chi connectivity index (χ1) is 8.77. The van der Waals surface area contributed by atoms with Gasteiger partial charge in [0.05, 0.1) is 13.0 Å². The Labute approximate surface area is 110 Å².